The van der Waals surface area contributed by atoms with Crippen LogP contribution in [0.5, 0.6) is 0 Å². The summed E-state index contributed by atoms with van der Waals surface area (Å²) in [6, 6.07) is 5.50. The largest absolute Gasteiger partial charge is 0.480 e. The van der Waals surface area contributed by atoms with Crippen molar-refractivity contribution in [3.8, 4) is 0 Å². The van der Waals surface area contributed by atoms with E-state index >= 15 is 0 Å². The second-order valence-electron chi connectivity index (χ2n) is 5.70. The summed E-state index contributed by atoms with van der Waals surface area (Å²) in [5.41, 5.74) is 1.46. The van der Waals surface area contributed by atoms with Gasteiger partial charge in [-0.15, -0.1) is 0 Å². The molecule has 0 aromatic heterocycles. The van der Waals surface area contributed by atoms with Crippen molar-refractivity contribution < 1.29 is 14.8 Å². The van der Waals surface area contributed by atoms with Gasteiger partial charge >= 0.3 is 5.97 Å². The molecule has 1 aromatic rings. The fourth-order valence-corrected chi connectivity index (χ4v) is 2.81. The minimum Gasteiger partial charge on any atom is -0.480 e. The van der Waals surface area contributed by atoms with Crippen LogP contribution in [0, 0.1) is 17.0 Å². The van der Waals surface area contributed by atoms with E-state index in [0.717, 1.165) is 18.4 Å². The number of hydrogen-bond acceptors (Lipinski definition) is 5. The Morgan fingerprint density at radius 3 is 2.73 bits per heavy atom. The first-order valence-electron chi connectivity index (χ1n) is 7.38. The highest BCUT2D eigenvalue weighted by Gasteiger charge is 2.34. The highest BCUT2D eigenvalue weighted by atomic mass is 16.6. The molecule has 1 aliphatic rings. The molecular weight excluding hydrogens is 286 g/mol. The van der Waals surface area contributed by atoms with E-state index in [1.54, 1.807) is 12.1 Å². The molecular formula is C15H21N3O4. The number of benzene rings is 1. The lowest BCUT2D eigenvalue weighted by Crippen LogP contribution is -2.51. The van der Waals surface area contributed by atoms with Gasteiger partial charge in [-0.1, -0.05) is 13.0 Å². The number of carboxylic acid groups (broad SMARTS) is 1. The molecule has 0 unspecified atom stereocenters. The Hall–Kier alpha value is -2.15. The highest BCUT2D eigenvalue weighted by molar-refractivity contribution is 5.69. The standard InChI is InChI=1S/C15H21N3O4/c1-3-17(9-15(19)20)12-7-11(8-12)16-13-5-4-10(2)6-14(13)18(21)22/h4-6,11-12,16H,3,7-9H2,1-2H3,(H,19,20). The first-order valence-corrected chi connectivity index (χ1v) is 7.38. The molecule has 2 N–H and O–H groups in total. The van der Waals surface area contributed by atoms with Crippen molar-refractivity contribution in [1.82, 2.24) is 4.90 Å². The third kappa shape index (κ3) is 3.73. The average molecular weight is 307 g/mol. The Bertz CT molecular complexity index is 570. The first kappa shape index (κ1) is 16.2. The van der Waals surface area contributed by atoms with Gasteiger partial charge < -0.3 is 10.4 Å². The number of nitrogens with zero attached hydrogens (tertiary/aromatic N) is 2. The summed E-state index contributed by atoms with van der Waals surface area (Å²) in [6.45, 7) is 4.49. The zero-order valence-corrected chi connectivity index (χ0v) is 12.8. The van der Waals surface area contributed by atoms with Crippen molar-refractivity contribution in [2.24, 2.45) is 0 Å². The van der Waals surface area contributed by atoms with Crippen molar-refractivity contribution >= 4 is 17.3 Å². The second-order valence-corrected chi connectivity index (χ2v) is 5.70. The maximum Gasteiger partial charge on any atom is 0.317 e. The maximum atomic E-state index is 11.1. The normalized spacial score (nSPS) is 20.5. The molecule has 22 heavy (non-hydrogen) atoms. The quantitative estimate of drug-likeness (QED) is 0.592. The summed E-state index contributed by atoms with van der Waals surface area (Å²) in [5, 5.41) is 23.2. The van der Waals surface area contributed by atoms with Crippen LogP contribution in [0.3, 0.4) is 0 Å². The number of nitro benzene ring substituents is 1. The SMILES string of the molecule is CCN(CC(=O)O)C1CC(Nc2ccc(C)cc2[N+](=O)[O-])C1. The van der Waals surface area contributed by atoms with Gasteiger partial charge in [0.15, 0.2) is 0 Å². The Morgan fingerprint density at radius 1 is 1.50 bits per heavy atom. The molecule has 120 valence electrons. The van der Waals surface area contributed by atoms with Crippen molar-refractivity contribution in [2.75, 3.05) is 18.4 Å². The molecule has 0 heterocycles. The first-order chi connectivity index (χ1) is 10.4. The van der Waals surface area contributed by atoms with Crippen molar-refractivity contribution in [2.45, 2.75) is 38.8 Å². The molecule has 0 bridgehead atoms. The van der Waals surface area contributed by atoms with Gasteiger partial charge in [0.1, 0.15) is 5.69 Å². The number of carbonyl (C=O) groups is 1. The summed E-state index contributed by atoms with van der Waals surface area (Å²) >= 11 is 0. The Balaban J connectivity index is 1.95. The number of hydrogen-bond donors (Lipinski definition) is 2. The number of anilines is 1. The van der Waals surface area contributed by atoms with Gasteiger partial charge in [-0.2, -0.15) is 0 Å². The molecule has 0 amide bonds. The summed E-state index contributed by atoms with van der Waals surface area (Å²) in [5.74, 6) is -0.826. The zero-order chi connectivity index (χ0) is 16.3. The van der Waals surface area contributed by atoms with Crippen LogP contribution in [0.15, 0.2) is 18.2 Å². The third-order valence-electron chi connectivity index (χ3n) is 4.08. The predicted molar refractivity (Wildman–Crippen MR) is 83.1 cm³/mol. The van der Waals surface area contributed by atoms with Crippen LogP contribution >= 0.6 is 0 Å². The Kier molecular flexibility index (Phi) is 4.97. The van der Waals surface area contributed by atoms with Crippen molar-refractivity contribution in [3.63, 3.8) is 0 Å². The monoisotopic (exact) mass is 307 g/mol. The topological polar surface area (TPSA) is 95.7 Å². The van der Waals surface area contributed by atoms with E-state index in [4.69, 9.17) is 5.11 Å². The van der Waals surface area contributed by atoms with Crippen LogP contribution < -0.4 is 5.32 Å². The fourth-order valence-electron chi connectivity index (χ4n) is 2.81. The molecule has 0 atom stereocenters. The van der Waals surface area contributed by atoms with E-state index in [1.807, 2.05) is 24.8 Å². The Labute approximate surface area is 129 Å². The van der Waals surface area contributed by atoms with E-state index in [0.29, 0.717) is 12.2 Å². The molecule has 0 saturated heterocycles. The van der Waals surface area contributed by atoms with Crippen molar-refractivity contribution in [3.05, 3.63) is 33.9 Å². The molecule has 1 aromatic carbocycles. The van der Waals surface area contributed by atoms with Crippen LogP contribution in [0.25, 0.3) is 0 Å². The van der Waals surface area contributed by atoms with E-state index in [-0.39, 0.29) is 29.2 Å². The highest BCUT2D eigenvalue weighted by Crippen LogP contribution is 2.32. The molecule has 1 fully saturated rings. The molecule has 0 spiro atoms. The van der Waals surface area contributed by atoms with E-state index in [2.05, 4.69) is 5.32 Å². The fraction of sp³-hybridized carbons (Fsp3) is 0.533. The van der Waals surface area contributed by atoms with Crippen LogP contribution in [-0.4, -0.2) is 46.1 Å². The van der Waals surface area contributed by atoms with Crippen LogP contribution in [0.4, 0.5) is 11.4 Å². The third-order valence-corrected chi connectivity index (χ3v) is 4.08. The number of aliphatic carboxylic acids is 1. The molecule has 0 radical (unpaired) electrons. The number of likely N-dealkylation sites (N-methyl/N-ethyl adjacent to an activating group) is 1. The molecule has 0 aliphatic heterocycles. The van der Waals surface area contributed by atoms with Crippen LogP contribution in [0.2, 0.25) is 0 Å². The van der Waals surface area contributed by atoms with Crippen LogP contribution in [0.1, 0.15) is 25.3 Å². The lowest BCUT2D eigenvalue weighted by atomic mass is 9.85. The number of nitrogens with one attached hydrogen (secondary N) is 1. The lowest BCUT2D eigenvalue weighted by Gasteiger charge is -2.42. The van der Waals surface area contributed by atoms with Crippen molar-refractivity contribution in [1.29, 1.82) is 0 Å². The Morgan fingerprint density at radius 2 is 2.18 bits per heavy atom. The lowest BCUT2D eigenvalue weighted by molar-refractivity contribution is -0.384. The van der Waals surface area contributed by atoms with E-state index in [1.165, 1.54) is 0 Å². The molecule has 2 rings (SSSR count). The van der Waals surface area contributed by atoms with Gasteiger partial charge in [-0.3, -0.25) is 19.8 Å². The number of nitro groups is 1. The molecule has 1 aliphatic carbocycles. The molecule has 7 heteroatoms. The van der Waals surface area contributed by atoms with Gasteiger partial charge in [0, 0.05) is 18.2 Å². The zero-order valence-electron chi connectivity index (χ0n) is 12.8. The molecule has 7 nitrogen and oxygen atoms in total. The summed E-state index contributed by atoms with van der Waals surface area (Å²) in [6.07, 6.45) is 1.60. The van der Waals surface area contributed by atoms with E-state index in [9.17, 15) is 14.9 Å². The summed E-state index contributed by atoms with van der Waals surface area (Å²) in [7, 11) is 0. The maximum absolute atomic E-state index is 11.1. The number of aryl methyl sites for hydroxylation is 1. The van der Waals surface area contributed by atoms with E-state index < -0.39 is 5.97 Å². The minimum absolute atomic E-state index is 0.0402. The minimum atomic E-state index is -0.826. The number of rotatable bonds is 7. The van der Waals surface area contributed by atoms with Gasteiger partial charge in [0.25, 0.3) is 5.69 Å². The van der Waals surface area contributed by atoms with Crippen LogP contribution in [-0.2, 0) is 4.79 Å². The number of carboxylic acids is 1. The predicted octanol–water partition coefficient (Wildman–Crippen LogP) is 2.25. The molecule has 1 saturated carbocycles. The second kappa shape index (κ2) is 6.74. The summed E-state index contributed by atoms with van der Waals surface area (Å²) < 4.78 is 0. The van der Waals surface area contributed by atoms with Gasteiger partial charge in [0.2, 0.25) is 0 Å². The van der Waals surface area contributed by atoms with Gasteiger partial charge in [0.05, 0.1) is 11.5 Å². The smallest absolute Gasteiger partial charge is 0.317 e. The van der Waals surface area contributed by atoms with Gasteiger partial charge in [-0.25, -0.2) is 0 Å². The summed E-state index contributed by atoms with van der Waals surface area (Å²) in [4.78, 5) is 23.4. The van der Waals surface area contributed by atoms with Gasteiger partial charge in [-0.05, 0) is 37.9 Å². The average Bonchev–Trinajstić information content (AvgIpc) is 2.41.